The monoisotopic (exact) mass is 284 g/mol. The molecule has 2 N–H and O–H groups in total. The third-order valence-electron chi connectivity index (χ3n) is 4.64. The summed E-state index contributed by atoms with van der Waals surface area (Å²) in [5.41, 5.74) is 0.427. The van der Waals surface area contributed by atoms with Crippen LogP contribution < -0.4 is 5.32 Å². The summed E-state index contributed by atoms with van der Waals surface area (Å²) in [7, 11) is 0. The van der Waals surface area contributed by atoms with Crippen LogP contribution in [0.4, 0.5) is 0 Å². The van der Waals surface area contributed by atoms with Crippen LogP contribution in [0.5, 0.6) is 0 Å². The van der Waals surface area contributed by atoms with E-state index in [-0.39, 0.29) is 6.61 Å². The molecule has 0 unspecified atom stereocenters. The number of aliphatic hydroxyl groups excluding tert-OH is 1. The van der Waals surface area contributed by atoms with Gasteiger partial charge in [0.15, 0.2) is 0 Å². The largest absolute Gasteiger partial charge is 0.395 e. The lowest BCUT2D eigenvalue weighted by molar-refractivity contribution is 0.111. The summed E-state index contributed by atoms with van der Waals surface area (Å²) in [6, 6.07) is 0. The fourth-order valence-corrected chi connectivity index (χ4v) is 3.46. The Morgan fingerprint density at radius 3 is 2.30 bits per heavy atom. The number of rotatable bonds is 9. The molecule has 3 nitrogen and oxygen atoms in total. The Bertz CT molecular complexity index is 235. The number of aliphatic hydroxyl groups is 1. The van der Waals surface area contributed by atoms with E-state index in [9.17, 15) is 5.11 Å². The summed E-state index contributed by atoms with van der Waals surface area (Å²) in [6.45, 7) is 12.3. The fourth-order valence-electron chi connectivity index (χ4n) is 3.46. The molecule has 0 amide bonds. The molecule has 1 fully saturated rings. The number of nitrogens with zero attached hydrogens (tertiary/aromatic N) is 1. The van der Waals surface area contributed by atoms with Crippen molar-refractivity contribution in [1.82, 2.24) is 10.2 Å². The Hall–Kier alpha value is -0.120. The smallest absolute Gasteiger partial charge is 0.0558 e. The summed E-state index contributed by atoms with van der Waals surface area (Å²) >= 11 is 0. The van der Waals surface area contributed by atoms with E-state index in [1.165, 1.54) is 38.5 Å². The standard InChI is InChI=1S/C17H36N2O/c1-4-19(11-12-20)15-17(14-18-13-16(2)3)9-7-5-6-8-10-17/h16,18,20H,4-15H2,1-3H3. The van der Waals surface area contributed by atoms with Gasteiger partial charge in [0.1, 0.15) is 0 Å². The highest BCUT2D eigenvalue weighted by Gasteiger charge is 2.32. The highest BCUT2D eigenvalue weighted by molar-refractivity contribution is 4.87. The summed E-state index contributed by atoms with van der Waals surface area (Å²) in [5, 5.41) is 12.9. The molecule has 0 spiro atoms. The highest BCUT2D eigenvalue weighted by atomic mass is 16.3. The number of hydrogen-bond donors (Lipinski definition) is 2. The first kappa shape index (κ1) is 17.9. The lowest BCUT2D eigenvalue weighted by Gasteiger charge is -2.38. The van der Waals surface area contributed by atoms with Gasteiger partial charge in [0, 0.05) is 19.6 Å². The molecule has 1 saturated carbocycles. The number of nitrogens with one attached hydrogen (secondary N) is 1. The Balaban J connectivity index is 2.61. The highest BCUT2D eigenvalue weighted by Crippen LogP contribution is 2.35. The first-order chi connectivity index (χ1) is 9.62. The Kier molecular flexibility index (Phi) is 8.74. The van der Waals surface area contributed by atoms with E-state index in [0.29, 0.717) is 5.41 Å². The van der Waals surface area contributed by atoms with Gasteiger partial charge >= 0.3 is 0 Å². The molecule has 0 radical (unpaired) electrons. The second-order valence-corrected chi connectivity index (χ2v) is 7.03. The van der Waals surface area contributed by atoms with Gasteiger partial charge in [-0.15, -0.1) is 0 Å². The van der Waals surface area contributed by atoms with Gasteiger partial charge in [0.2, 0.25) is 0 Å². The Labute approximate surface area is 126 Å². The van der Waals surface area contributed by atoms with E-state index in [2.05, 4.69) is 31.0 Å². The van der Waals surface area contributed by atoms with E-state index in [1.54, 1.807) is 0 Å². The number of likely N-dealkylation sites (N-methyl/N-ethyl adjacent to an activating group) is 1. The molecule has 20 heavy (non-hydrogen) atoms. The van der Waals surface area contributed by atoms with Crippen molar-refractivity contribution in [2.24, 2.45) is 11.3 Å². The topological polar surface area (TPSA) is 35.5 Å². The fraction of sp³-hybridized carbons (Fsp3) is 1.00. The van der Waals surface area contributed by atoms with E-state index in [0.717, 1.165) is 38.6 Å². The quantitative estimate of drug-likeness (QED) is 0.639. The second-order valence-electron chi connectivity index (χ2n) is 7.03. The van der Waals surface area contributed by atoms with Crippen LogP contribution in [0.25, 0.3) is 0 Å². The van der Waals surface area contributed by atoms with Gasteiger partial charge in [0.05, 0.1) is 6.61 Å². The first-order valence-corrected chi connectivity index (χ1v) is 8.66. The van der Waals surface area contributed by atoms with Gasteiger partial charge in [0.25, 0.3) is 0 Å². The average molecular weight is 284 g/mol. The molecule has 0 atom stereocenters. The molecule has 0 saturated heterocycles. The van der Waals surface area contributed by atoms with Crippen molar-refractivity contribution in [1.29, 1.82) is 0 Å². The molecule has 3 heteroatoms. The molecular formula is C17H36N2O. The van der Waals surface area contributed by atoms with Crippen LogP contribution in [-0.4, -0.2) is 49.3 Å². The molecule has 120 valence electrons. The summed E-state index contributed by atoms with van der Waals surface area (Å²) < 4.78 is 0. The van der Waals surface area contributed by atoms with Crippen LogP contribution in [0.3, 0.4) is 0 Å². The maximum absolute atomic E-state index is 9.23. The van der Waals surface area contributed by atoms with Gasteiger partial charge < -0.3 is 15.3 Å². The summed E-state index contributed by atoms with van der Waals surface area (Å²) in [5.74, 6) is 0.720. The first-order valence-electron chi connectivity index (χ1n) is 8.66. The van der Waals surface area contributed by atoms with Gasteiger partial charge in [-0.1, -0.05) is 46.5 Å². The lowest BCUT2D eigenvalue weighted by Crippen LogP contribution is -2.45. The molecule has 0 aromatic heterocycles. The van der Waals surface area contributed by atoms with Crippen LogP contribution in [0.1, 0.15) is 59.3 Å². The second kappa shape index (κ2) is 9.75. The minimum Gasteiger partial charge on any atom is -0.395 e. The van der Waals surface area contributed by atoms with E-state index in [4.69, 9.17) is 0 Å². The van der Waals surface area contributed by atoms with Crippen LogP contribution in [0.2, 0.25) is 0 Å². The molecule has 0 aromatic rings. The van der Waals surface area contributed by atoms with Gasteiger partial charge in [-0.3, -0.25) is 0 Å². The minimum atomic E-state index is 0.281. The van der Waals surface area contributed by atoms with E-state index < -0.39 is 0 Å². The zero-order valence-electron chi connectivity index (χ0n) is 14.0. The van der Waals surface area contributed by atoms with Crippen molar-refractivity contribution in [2.75, 3.05) is 39.3 Å². The molecule has 1 aliphatic carbocycles. The maximum Gasteiger partial charge on any atom is 0.0558 e. The van der Waals surface area contributed by atoms with Gasteiger partial charge in [-0.05, 0) is 37.3 Å². The average Bonchev–Trinajstić information content (AvgIpc) is 2.64. The zero-order chi connectivity index (χ0) is 14.8. The van der Waals surface area contributed by atoms with Crippen molar-refractivity contribution < 1.29 is 5.11 Å². The number of hydrogen-bond acceptors (Lipinski definition) is 3. The third-order valence-corrected chi connectivity index (χ3v) is 4.64. The third kappa shape index (κ3) is 6.55. The van der Waals surface area contributed by atoms with Crippen LogP contribution >= 0.6 is 0 Å². The predicted molar refractivity (Wildman–Crippen MR) is 87.0 cm³/mol. The van der Waals surface area contributed by atoms with Crippen LogP contribution in [0.15, 0.2) is 0 Å². The lowest BCUT2D eigenvalue weighted by atomic mass is 9.79. The van der Waals surface area contributed by atoms with Crippen molar-refractivity contribution in [2.45, 2.75) is 59.3 Å². The van der Waals surface area contributed by atoms with Crippen molar-refractivity contribution in [3.05, 3.63) is 0 Å². The van der Waals surface area contributed by atoms with E-state index >= 15 is 0 Å². The van der Waals surface area contributed by atoms with E-state index in [1.807, 2.05) is 0 Å². The predicted octanol–water partition coefficient (Wildman–Crippen LogP) is 2.89. The normalized spacial score (nSPS) is 19.5. The van der Waals surface area contributed by atoms with Crippen molar-refractivity contribution >= 4 is 0 Å². The molecule has 0 aliphatic heterocycles. The minimum absolute atomic E-state index is 0.281. The SMILES string of the molecule is CCN(CCO)CC1(CNCC(C)C)CCCCCC1. The van der Waals surface area contributed by atoms with Gasteiger partial charge in [-0.25, -0.2) is 0 Å². The van der Waals surface area contributed by atoms with Crippen molar-refractivity contribution in [3.8, 4) is 0 Å². The Morgan fingerprint density at radius 1 is 1.15 bits per heavy atom. The van der Waals surface area contributed by atoms with Crippen LogP contribution in [-0.2, 0) is 0 Å². The molecular weight excluding hydrogens is 248 g/mol. The zero-order valence-corrected chi connectivity index (χ0v) is 14.0. The molecule has 0 heterocycles. The molecule has 1 aliphatic rings. The molecule has 1 rings (SSSR count). The molecule has 0 bridgehead atoms. The van der Waals surface area contributed by atoms with Gasteiger partial charge in [-0.2, -0.15) is 0 Å². The maximum atomic E-state index is 9.23. The Morgan fingerprint density at radius 2 is 1.80 bits per heavy atom. The summed E-state index contributed by atoms with van der Waals surface area (Å²) in [6.07, 6.45) is 8.25. The molecule has 0 aromatic carbocycles. The summed E-state index contributed by atoms with van der Waals surface area (Å²) in [4.78, 5) is 2.43. The van der Waals surface area contributed by atoms with Crippen LogP contribution in [0, 0.1) is 11.3 Å². The van der Waals surface area contributed by atoms with Crippen molar-refractivity contribution in [3.63, 3.8) is 0 Å².